The summed E-state index contributed by atoms with van der Waals surface area (Å²) in [6.07, 6.45) is 0.566. The lowest BCUT2D eigenvalue weighted by Gasteiger charge is -2.34. The van der Waals surface area contributed by atoms with Crippen LogP contribution in [-0.4, -0.2) is 187 Å². The lowest BCUT2D eigenvalue weighted by Crippen LogP contribution is -2.63. The van der Waals surface area contributed by atoms with Crippen LogP contribution < -0.4 is 43.0 Å². The van der Waals surface area contributed by atoms with E-state index in [0.717, 1.165) is 11.8 Å². The third kappa shape index (κ3) is 13.9. The van der Waals surface area contributed by atoms with Crippen LogP contribution in [0.5, 0.6) is 0 Å². The Balaban J connectivity index is 1.30. The van der Waals surface area contributed by atoms with Gasteiger partial charge in [0.15, 0.2) is 0 Å². The van der Waals surface area contributed by atoms with E-state index in [2.05, 4.69) is 47.2 Å². The second-order valence-electron chi connectivity index (χ2n) is 21.1. The molecule has 3 saturated heterocycles. The Labute approximate surface area is 466 Å². The molecule has 26 heteroatoms. The fourth-order valence-electron chi connectivity index (χ4n) is 10.2. The number of fused-ring (bicyclic) bond motifs is 4. The number of aromatic nitrogens is 2. The summed E-state index contributed by atoms with van der Waals surface area (Å²) >= 11 is 0. The summed E-state index contributed by atoms with van der Waals surface area (Å²) in [4.78, 5) is 151. The van der Waals surface area contributed by atoms with Gasteiger partial charge >= 0.3 is 5.97 Å². The fraction of sp³-hybridized carbons (Fsp3) is 0.491. The van der Waals surface area contributed by atoms with E-state index < -0.39 is 151 Å². The Morgan fingerprint density at radius 1 is 0.741 bits per heavy atom. The van der Waals surface area contributed by atoms with Crippen LogP contribution >= 0.6 is 0 Å². The third-order valence-corrected chi connectivity index (χ3v) is 15.0. The molecular formula is C55H72N12O14. The molecule has 2 aromatic carbocycles. The molecule has 0 aliphatic carbocycles. The van der Waals surface area contributed by atoms with Crippen molar-refractivity contribution in [3.63, 3.8) is 0 Å². The maximum Gasteiger partial charge on any atom is 0.329 e. The first kappa shape index (κ1) is 60.4. The summed E-state index contributed by atoms with van der Waals surface area (Å²) in [5.74, 6) is -11.2. The average Bonchev–Trinajstić information content (AvgIpc) is 4.38. The maximum absolute atomic E-state index is 15.2. The van der Waals surface area contributed by atoms with Gasteiger partial charge in [-0.3, -0.25) is 43.2 Å². The number of nitrogens with two attached hydrogens (primary N) is 1. The number of aliphatic hydroxyl groups excluding tert-OH is 3. The van der Waals surface area contributed by atoms with Crippen molar-refractivity contribution in [2.75, 3.05) is 26.2 Å². The molecular weight excluding hydrogens is 1050 g/mol. The molecule has 14 N–H and O–H groups in total. The quantitative estimate of drug-likeness (QED) is 0.0644. The molecule has 0 saturated carbocycles. The number of cyclic esters (lactones) is 1. The number of nitrogens with one attached hydrogen (secondary N) is 9. The second kappa shape index (κ2) is 26.4. The number of amides is 9. The number of carbonyl (C=O) groups excluding carboxylic acids is 10. The van der Waals surface area contributed by atoms with Crippen molar-refractivity contribution in [2.24, 2.45) is 11.7 Å². The predicted octanol–water partition coefficient (Wildman–Crippen LogP) is -1.89. The van der Waals surface area contributed by atoms with Crippen LogP contribution in [0.25, 0.3) is 27.9 Å². The Bertz CT molecular complexity index is 3060. The van der Waals surface area contributed by atoms with Gasteiger partial charge in [-0.1, -0.05) is 57.2 Å². The minimum absolute atomic E-state index is 0.00466. The number of hydrogen-bond acceptors (Lipinski definition) is 15. The first-order chi connectivity index (χ1) is 38.5. The van der Waals surface area contributed by atoms with Crippen molar-refractivity contribution in [1.29, 1.82) is 0 Å². The van der Waals surface area contributed by atoms with E-state index in [1.807, 2.05) is 12.1 Å². The highest BCUT2D eigenvalue weighted by Gasteiger charge is 2.45. The molecule has 0 radical (unpaired) electrons. The van der Waals surface area contributed by atoms with Gasteiger partial charge in [0.2, 0.25) is 47.3 Å². The molecule has 3 fully saturated rings. The Hall–Kier alpha value is -8.20. The number of ether oxygens (including phenoxy) is 1. The molecule has 26 nitrogen and oxygen atoms in total. The number of rotatable bonds is 9. The molecule has 0 bridgehead atoms. The van der Waals surface area contributed by atoms with Crippen LogP contribution in [-0.2, 0) is 52.7 Å². The molecule has 12 atom stereocenters. The number of aromatic amines is 2. The van der Waals surface area contributed by atoms with Gasteiger partial charge in [-0.15, -0.1) is 0 Å². The molecule has 7 rings (SSSR count). The van der Waals surface area contributed by atoms with Crippen molar-refractivity contribution in [2.45, 2.75) is 140 Å². The van der Waals surface area contributed by atoms with Crippen LogP contribution in [0.15, 0.2) is 66.6 Å². The third-order valence-electron chi connectivity index (χ3n) is 15.0. The number of H-pyrrole nitrogens is 2. The van der Waals surface area contributed by atoms with Gasteiger partial charge in [0, 0.05) is 58.8 Å². The first-order valence-electron chi connectivity index (χ1n) is 27.0. The summed E-state index contributed by atoms with van der Waals surface area (Å²) < 4.78 is 5.76. The van der Waals surface area contributed by atoms with Gasteiger partial charge in [0.05, 0.1) is 25.4 Å². The number of para-hydroxylation sites is 2. The standard InChI is InChI=1S/C55H72N12O14/c1-26(2)46(71)45-54(79)67-20-12-18-40(67)55(80)81-30(6)44(64-48(73)35(56)25-68)53(78)63-43(29(5)69)52(77)60-28(4)47(72)59-24-41(70)66-19-11-17-39(66)50(75)61-38(21-31-22-57-36-15-9-7-13-32(31)36)49(74)62-42(51(76)65-45)27(3)34-23-58-37-16-10-8-14-33(34)37/h7-10,13-16,21-23,26-30,35,39-40,42-46,57-58,68-69,71H,11-12,17-20,24-25,56H2,1-6H3,(H,59,72)(H,60,77)(H,61,75)(H,62,74)(H,63,78)(H,64,73)(H,65,76). The molecule has 9 amide bonds. The van der Waals surface area contributed by atoms with E-state index in [0.29, 0.717) is 39.4 Å². The van der Waals surface area contributed by atoms with Crippen molar-refractivity contribution < 1.29 is 68.0 Å². The Kier molecular flexibility index (Phi) is 19.7. The van der Waals surface area contributed by atoms with Crippen molar-refractivity contribution in [3.8, 4) is 0 Å². The van der Waals surface area contributed by atoms with E-state index >= 15 is 9.59 Å². The highest BCUT2D eigenvalue weighted by Crippen LogP contribution is 2.30. The van der Waals surface area contributed by atoms with Crippen LogP contribution in [0.2, 0.25) is 0 Å². The van der Waals surface area contributed by atoms with Gasteiger partial charge < -0.3 is 82.8 Å². The first-order valence-corrected chi connectivity index (χ1v) is 27.0. The van der Waals surface area contributed by atoms with Gasteiger partial charge in [0.25, 0.3) is 5.91 Å². The molecule has 2 aromatic heterocycles. The maximum atomic E-state index is 15.2. The molecule has 3 aliphatic rings. The number of hydrogen-bond donors (Lipinski definition) is 13. The van der Waals surface area contributed by atoms with E-state index in [-0.39, 0.29) is 38.0 Å². The highest BCUT2D eigenvalue weighted by molar-refractivity contribution is 6.07. The highest BCUT2D eigenvalue weighted by atomic mass is 16.5. The molecule has 3 aliphatic heterocycles. The van der Waals surface area contributed by atoms with Crippen LogP contribution in [0.4, 0.5) is 0 Å². The Morgan fingerprint density at radius 2 is 1.35 bits per heavy atom. The van der Waals surface area contributed by atoms with Crippen molar-refractivity contribution in [3.05, 3.63) is 77.7 Å². The monoisotopic (exact) mass is 1120 g/mol. The van der Waals surface area contributed by atoms with Crippen molar-refractivity contribution in [1.82, 2.24) is 57.0 Å². The summed E-state index contributed by atoms with van der Waals surface area (Å²) in [5, 5.41) is 51.2. The topological polar surface area (TPSA) is 389 Å². The number of carbonyl (C=O) groups is 10. The molecule has 12 unspecified atom stereocenters. The molecule has 436 valence electrons. The van der Waals surface area contributed by atoms with Crippen molar-refractivity contribution >= 4 is 87.0 Å². The summed E-state index contributed by atoms with van der Waals surface area (Å²) in [5.41, 5.74) is 7.84. The van der Waals surface area contributed by atoms with Crippen LogP contribution in [0, 0.1) is 5.92 Å². The zero-order valence-electron chi connectivity index (χ0n) is 45.8. The van der Waals surface area contributed by atoms with E-state index in [9.17, 15) is 53.7 Å². The fourth-order valence-corrected chi connectivity index (χ4v) is 10.2. The summed E-state index contributed by atoms with van der Waals surface area (Å²) in [7, 11) is 0. The SMILES string of the molecule is CC1NC(=O)C(C(C)O)NC(=O)C(NC(=O)C(N)CO)C(C)OC(=O)C2CCCN2C(=O)C(C(O)C(C)C)NC(=O)C(C(C)c2c[nH]c3ccccc23)NC(=O)C(=Cc2c[nH]c3ccccc23)NC(=O)C2CCCN2C(=O)CNC1=O. The zero-order valence-corrected chi connectivity index (χ0v) is 45.8. The minimum atomic E-state index is -1.87. The minimum Gasteiger partial charge on any atom is -0.458 e. The lowest BCUT2D eigenvalue weighted by atomic mass is 9.91. The van der Waals surface area contributed by atoms with E-state index in [1.165, 1.54) is 24.8 Å². The smallest absolute Gasteiger partial charge is 0.329 e. The number of nitrogens with zero attached hydrogens (tertiary/aromatic N) is 2. The van der Waals surface area contributed by atoms with E-state index in [4.69, 9.17) is 10.5 Å². The molecule has 5 heterocycles. The number of esters is 1. The van der Waals surface area contributed by atoms with E-state index in [1.54, 1.807) is 69.6 Å². The van der Waals surface area contributed by atoms with Crippen LogP contribution in [0.3, 0.4) is 0 Å². The summed E-state index contributed by atoms with van der Waals surface area (Å²) in [6, 6.07) is 1.86. The largest absolute Gasteiger partial charge is 0.458 e. The summed E-state index contributed by atoms with van der Waals surface area (Å²) in [6.45, 7) is 6.97. The normalized spacial score (nSPS) is 26.7. The lowest BCUT2D eigenvalue weighted by molar-refractivity contribution is -0.161. The number of benzene rings is 2. The van der Waals surface area contributed by atoms with Gasteiger partial charge in [-0.05, 0) is 76.1 Å². The predicted molar refractivity (Wildman–Crippen MR) is 292 cm³/mol. The number of aliphatic hydroxyl groups is 3. The average molecular weight is 1130 g/mol. The zero-order chi connectivity index (χ0) is 59.0. The van der Waals surface area contributed by atoms with Gasteiger partial charge in [-0.2, -0.15) is 0 Å². The second-order valence-corrected chi connectivity index (χ2v) is 21.1. The van der Waals surface area contributed by atoms with Crippen LogP contribution in [0.1, 0.15) is 84.3 Å². The Morgan fingerprint density at radius 3 is 2.01 bits per heavy atom. The molecule has 0 spiro atoms. The molecule has 81 heavy (non-hydrogen) atoms. The van der Waals surface area contributed by atoms with Gasteiger partial charge in [0.1, 0.15) is 60.1 Å². The van der Waals surface area contributed by atoms with Gasteiger partial charge in [-0.25, -0.2) is 4.79 Å². The molecule has 4 aromatic rings.